The molecule has 0 saturated carbocycles. The van der Waals surface area contributed by atoms with E-state index in [9.17, 15) is 9.59 Å². The van der Waals surface area contributed by atoms with Gasteiger partial charge in [0.05, 0.1) is 28.2 Å². The Morgan fingerprint density at radius 3 is 2.27 bits per heavy atom. The number of piperidine rings is 2. The van der Waals surface area contributed by atoms with E-state index in [1.54, 1.807) is 11.1 Å². The number of carbonyl (C=O) groups is 2. The lowest BCUT2D eigenvalue weighted by Gasteiger charge is -2.34. The lowest BCUT2D eigenvalue weighted by atomic mass is 9.90. The lowest BCUT2D eigenvalue weighted by Crippen LogP contribution is -2.44. The molecule has 0 spiro atoms. The second kappa shape index (κ2) is 12.7. The molecule has 1 aromatic heterocycles. The summed E-state index contributed by atoms with van der Waals surface area (Å²) < 4.78 is 7.40. The third-order valence-electron chi connectivity index (χ3n) is 7.84. The van der Waals surface area contributed by atoms with Crippen molar-refractivity contribution in [3.05, 3.63) is 82.6 Å². The number of amides is 2. The summed E-state index contributed by atoms with van der Waals surface area (Å²) >= 11 is 6.58. The van der Waals surface area contributed by atoms with Gasteiger partial charge < -0.3 is 15.0 Å². The molecule has 3 aromatic rings. The van der Waals surface area contributed by atoms with E-state index in [-0.39, 0.29) is 24.0 Å². The number of halogens is 1. The molecule has 8 nitrogen and oxygen atoms in total. The Hall–Kier alpha value is -3.36. The van der Waals surface area contributed by atoms with Crippen LogP contribution in [-0.4, -0.2) is 69.4 Å². The number of hydrogen-bond donors (Lipinski definition) is 1. The molecule has 5 rings (SSSR count). The van der Waals surface area contributed by atoms with Gasteiger partial charge in [0, 0.05) is 44.7 Å². The minimum atomic E-state index is -0.542. The second-order valence-corrected chi connectivity index (χ2v) is 12.5. The number of carbonyl (C=O) groups excluding carboxylic acids is 2. The highest BCUT2D eigenvalue weighted by molar-refractivity contribution is 6.32. The van der Waals surface area contributed by atoms with Crippen LogP contribution in [0, 0.1) is 0 Å². The Labute approximate surface area is 247 Å². The van der Waals surface area contributed by atoms with Crippen molar-refractivity contribution in [2.24, 2.45) is 0 Å². The molecule has 0 bridgehead atoms. The van der Waals surface area contributed by atoms with Gasteiger partial charge in [0.1, 0.15) is 5.60 Å². The van der Waals surface area contributed by atoms with Crippen molar-refractivity contribution >= 4 is 23.6 Å². The third kappa shape index (κ3) is 7.29. The minimum Gasteiger partial charge on any atom is -0.444 e. The second-order valence-electron chi connectivity index (χ2n) is 12.1. The summed E-state index contributed by atoms with van der Waals surface area (Å²) in [5.41, 5.74) is 2.93. The largest absolute Gasteiger partial charge is 0.444 e. The van der Waals surface area contributed by atoms with Gasteiger partial charge in [-0.1, -0.05) is 54.1 Å². The number of nitrogens with zero attached hydrogens (tertiary/aromatic N) is 4. The van der Waals surface area contributed by atoms with Crippen molar-refractivity contribution in [3.8, 4) is 5.69 Å². The van der Waals surface area contributed by atoms with Crippen molar-refractivity contribution in [3.63, 3.8) is 0 Å². The predicted molar refractivity (Wildman–Crippen MR) is 161 cm³/mol. The first kappa shape index (κ1) is 29.1. The summed E-state index contributed by atoms with van der Waals surface area (Å²) in [6, 6.07) is 18.2. The lowest BCUT2D eigenvalue weighted by molar-refractivity contribution is 0.0203. The summed E-state index contributed by atoms with van der Waals surface area (Å²) in [6.45, 7) is 9.53. The molecule has 41 heavy (non-hydrogen) atoms. The van der Waals surface area contributed by atoms with Gasteiger partial charge in [0.2, 0.25) is 0 Å². The van der Waals surface area contributed by atoms with Crippen molar-refractivity contribution in [1.29, 1.82) is 0 Å². The van der Waals surface area contributed by atoms with E-state index in [0.29, 0.717) is 36.5 Å². The Kier molecular flexibility index (Phi) is 9.00. The molecule has 1 N–H and O–H groups in total. The molecule has 2 aromatic carbocycles. The molecular weight excluding hydrogens is 538 g/mol. The summed E-state index contributed by atoms with van der Waals surface area (Å²) in [5, 5.41) is 8.52. The van der Waals surface area contributed by atoms with Crippen LogP contribution >= 0.6 is 11.6 Å². The number of likely N-dealkylation sites (tertiary alicyclic amines) is 2. The molecule has 2 aliphatic rings. The Morgan fingerprint density at radius 1 is 0.951 bits per heavy atom. The Morgan fingerprint density at radius 2 is 1.61 bits per heavy atom. The number of ether oxygens (including phenoxy) is 1. The van der Waals surface area contributed by atoms with Gasteiger partial charge in [-0.3, -0.25) is 9.69 Å². The van der Waals surface area contributed by atoms with Crippen LogP contribution in [0.5, 0.6) is 0 Å². The molecule has 0 radical (unpaired) electrons. The van der Waals surface area contributed by atoms with Crippen LogP contribution in [0.2, 0.25) is 5.02 Å². The molecule has 2 saturated heterocycles. The number of benzene rings is 2. The molecule has 0 aliphatic carbocycles. The van der Waals surface area contributed by atoms with Crippen molar-refractivity contribution in [1.82, 2.24) is 24.9 Å². The van der Waals surface area contributed by atoms with Crippen LogP contribution in [0.15, 0.2) is 60.8 Å². The van der Waals surface area contributed by atoms with E-state index in [1.165, 1.54) is 5.56 Å². The van der Waals surface area contributed by atoms with E-state index >= 15 is 0 Å². The molecular formula is C32H40ClN5O3. The SMILES string of the molecule is CC(C)(C)OC(=O)N1CCC(c2c(C(=O)NC3CCN(Cc4ccccc4)CC3)cnn2-c2ccccc2Cl)CC1. The molecule has 3 heterocycles. The zero-order valence-electron chi connectivity index (χ0n) is 24.2. The predicted octanol–water partition coefficient (Wildman–Crippen LogP) is 6.03. The fourth-order valence-corrected chi connectivity index (χ4v) is 5.96. The van der Waals surface area contributed by atoms with E-state index in [4.69, 9.17) is 16.3 Å². The average molecular weight is 578 g/mol. The molecule has 0 atom stereocenters. The Bertz CT molecular complexity index is 1340. The smallest absolute Gasteiger partial charge is 0.410 e. The number of para-hydroxylation sites is 1. The van der Waals surface area contributed by atoms with Gasteiger partial charge in [0.25, 0.3) is 5.91 Å². The first-order valence-corrected chi connectivity index (χ1v) is 14.9. The van der Waals surface area contributed by atoms with Gasteiger partial charge in [0.15, 0.2) is 0 Å². The van der Waals surface area contributed by atoms with E-state index < -0.39 is 5.60 Å². The zero-order valence-corrected chi connectivity index (χ0v) is 24.9. The normalized spacial score (nSPS) is 17.4. The van der Waals surface area contributed by atoms with Gasteiger partial charge in [-0.15, -0.1) is 0 Å². The number of nitrogens with one attached hydrogen (secondary N) is 1. The van der Waals surface area contributed by atoms with Crippen LogP contribution in [0.1, 0.15) is 74.0 Å². The minimum absolute atomic E-state index is 0.0425. The maximum absolute atomic E-state index is 13.7. The monoisotopic (exact) mass is 577 g/mol. The summed E-state index contributed by atoms with van der Waals surface area (Å²) in [7, 11) is 0. The van der Waals surface area contributed by atoms with E-state index in [1.807, 2.05) is 55.8 Å². The number of hydrogen-bond acceptors (Lipinski definition) is 5. The number of aromatic nitrogens is 2. The summed E-state index contributed by atoms with van der Waals surface area (Å²) in [4.78, 5) is 30.6. The van der Waals surface area contributed by atoms with Gasteiger partial charge in [-0.05, 0) is 64.2 Å². The first-order valence-electron chi connectivity index (χ1n) is 14.6. The van der Waals surface area contributed by atoms with Crippen LogP contribution < -0.4 is 5.32 Å². The highest BCUT2D eigenvalue weighted by atomic mass is 35.5. The first-order chi connectivity index (χ1) is 19.7. The Balaban J connectivity index is 1.29. The summed E-state index contributed by atoms with van der Waals surface area (Å²) in [5.74, 6) is -0.0599. The standard InChI is InChI=1S/C32H40ClN5O3/c1-32(2,3)41-31(40)37-19-13-24(14-20-37)29-26(21-34-38(29)28-12-8-7-11-27(28)33)30(39)35-25-15-17-36(18-16-25)22-23-9-5-4-6-10-23/h4-12,21,24-25H,13-20,22H2,1-3H3,(H,35,39). The maximum Gasteiger partial charge on any atom is 0.410 e. The highest BCUT2D eigenvalue weighted by Crippen LogP contribution is 2.34. The quantitative estimate of drug-likeness (QED) is 0.387. The third-order valence-corrected chi connectivity index (χ3v) is 8.16. The van der Waals surface area contributed by atoms with E-state index in [0.717, 1.165) is 43.9 Å². The van der Waals surface area contributed by atoms with Gasteiger partial charge >= 0.3 is 6.09 Å². The van der Waals surface area contributed by atoms with E-state index in [2.05, 4.69) is 39.6 Å². The van der Waals surface area contributed by atoms with Crippen molar-refractivity contribution < 1.29 is 14.3 Å². The highest BCUT2D eigenvalue weighted by Gasteiger charge is 2.33. The van der Waals surface area contributed by atoms with Crippen LogP contribution in [0.25, 0.3) is 5.69 Å². The summed E-state index contributed by atoms with van der Waals surface area (Å²) in [6.07, 6.45) is 4.58. The van der Waals surface area contributed by atoms with Gasteiger partial charge in [-0.25, -0.2) is 9.48 Å². The molecule has 2 fully saturated rings. The molecule has 0 unspecified atom stereocenters. The molecule has 2 aliphatic heterocycles. The van der Waals surface area contributed by atoms with Crippen LogP contribution in [0.3, 0.4) is 0 Å². The molecule has 2 amide bonds. The topological polar surface area (TPSA) is 79.7 Å². The molecule has 9 heteroatoms. The van der Waals surface area contributed by atoms with Crippen molar-refractivity contribution in [2.75, 3.05) is 26.2 Å². The van der Waals surface area contributed by atoms with Gasteiger partial charge in [-0.2, -0.15) is 5.10 Å². The molecule has 218 valence electrons. The average Bonchev–Trinajstić information content (AvgIpc) is 3.39. The number of rotatable bonds is 6. The zero-order chi connectivity index (χ0) is 29.0. The van der Waals surface area contributed by atoms with Crippen molar-refractivity contribution in [2.45, 2.75) is 70.6 Å². The van der Waals surface area contributed by atoms with Crippen LogP contribution in [0.4, 0.5) is 4.79 Å². The van der Waals surface area contributed by atoms with Crippen LogP contribution in [-0.2, 0) is 11.3 Å². The maximum atomic E-state index is 13.7. The fourth-order valence-electron chi connectivity index (χ4n) is 5.74. The fraction of sp³-hybridized carbons (Fsp3) is 0.469.